The normalized spacial score (nSPS) is 10.5. The number of rotatable bonds is 1. The summed E-state index contributed by atoms with van der Waals surface area (Å²) in [5.41, 5.74) is 0.422. The summed E-state index contributed by atoms with van der Waals surface area (Å²) in [5.74, 6) is -0.838. The van der Waals surface area contributed by atoms with Gasteiger partial charge in [-0.25, -0.2) is 4.79 Å². The van der Waals surface area contributed by atoms with E-state index in [-0.39, 0.29) is 0 Å². The Bertz CT molecular complexity index is 399. The molecule has 0 unspecified atom stereocenters. The third-order valence-electron chi connectivity index (χ3n) is 1.42. The number of hydrogen-bond donors (Lipinski definition) is 1. The van der Waals surface area contributed by atoms with Gasteiger partial charge in [0.1, 0.15) is 0 Å². The molecule has 4 heteroatoms. The summed E-state index contributed by atoms with van der Waals surface area (Å²) in [5, 5.41) is 8.70. The van der Waals surface area contributed by atoms with Crippen LogP contribution in [0, 0.1) is 0 Å². The minimum absolute atomic E-state index is 0.422. The maximum absolute atomic E-state index is 10.6. The molecule has 0 atom stereocenters. The van der Waals surface area contributed by atoms with Crippen LogP contribution in [0.2, 0.25) is 0 Å². The van der Waals surface area contributed by atoms with Crippen molar-refractivity contribution < 1.29 is 9.90 Å². The first-order chi connectivity index (χ1) is 5.29. The van der Waals surface area contributed by atoms with Gasteiger partial charge in [-0.15, -0.1) is 0 Å². The molecule has 0 spiro atoms. The maximum Gasteiger partial charge on any atom is 0.337 e. The van der Waals surface area contributed by atoms with Crippen LogP contribution in [0.1, 0.15) is 10.4 Å². The zero-order valence-electron chi connectivity index (χ0n) is 5.40. The highest BCUT2D eigenvalue weighted by Crippen LogP contribution is 2.34. The second kappa shape index (κ2) is 2.32. The van der Waals surface area contributed by atoms with Gasteiger partial charge in [0.05, 0.1) is 15.0 Å². The van der Waals surface area contributed by atoms with Gasteiger partial charge in [-0.2, -0.15) is 0 Å². The molecule has 1 aromatic carbocycles. The van der Waals surface area contributed by atoms with Crippen molar-refractivity contribution in [3.8, 4) is 0 Å². The zero-order chi connectivity index (χ0) is 7.84. The summed E-state index contributed by atoms with van der Waals surface area (Å²) in [6.07, 6.45) is 0. The second-order valence-corrected chi connectivity index (χ2v) is 4.29. The van der Waals surface area contributed by atoms with E-state index in [2.05, 4.69) is 0 Å². The summed E-state index contributed by atoms with van der Waals surface area (Å²) in [6, 6.07) is 5.34. The number of aromatic carboxylic acids is 1. The lowest BCUT2D eigenvalue weighted by atomic mass is 10.2. The molecule has 0 aliphatic rings. The molecule has 0 radical (unpaired) electrons. The van der Waals surface area contributed by atoms with Gasteiger partial charge >= 0.3 is 5.97 Å². The van der Waals surface area contributed by atoms with E-state index in [9.17, 15) is 4.79 Å². The van der Waals surface area contributed by atoms with Crippen molar-refractivity contribution in [3.63, 3.8) is 0 Å². The summed E-state index contributed by atoms with van der Waals surface area (Å²) in [6.45, 7) is 0. The van der Waals surface area contributed by atoms with Gasteiger partial charge in [-0.3, -0.25) is 0 Å². The number of fused-ring (bicyclic) bond motifs is 1. The average Bonchev–Trinajstić information content (AvgIpc) is 1.90. The summed E-state index contributed by atoms with van der Waals surface area (Å²) in [7, 11) is 3.14. The van der Waals surface area contributed by atoms with Gasteiger partial charge in [0, 0.05) is 0 Å². The van der Waals surface area contributed by atoms with Crippen LogP contribution in [0.3, 0.4) is 0 Å². The van der Waals surface area contributed by atoms with Crippen LogP contribution in [0.4, 0.5) is 0 Å². The van der Waals surface area contributed by atoms with Crippen molar-refractivity contribution >= 4 is 36.1 Å². The molecular weight excluding hydrogens is 180 g/mol. The number of carbonyl (C=O) groups is 1. The van der Waals surface area contributed by atoms with E-state index in [0.29, 0.717) is 5.56 Å². The van der Waals surface area contributed by atoms with Crippen LogP contribution in [0.5, 0.6) is 0 Å². The summed E-state index contributed by atoms with van der Waals surface area (Å²) >= 11 is 0. The van der Waals surface area contributed by atoms with Gasteiger partial charge in [0.2, 0.25) is 0 Å². The van der Waals surface area contributed by atoms with E-state index in [4.69, 9.17) is 5.11 Å². The minimum Gasteiger partial charge on any atom is -0.478 e. The fourth-order valence-electron chi connectivity index (χ4n) is 0.888. The molecule has 0 amide bonds. The number of carboxylic acid groups (broad SMARTS) is 1. The highest BCUT2D eigenvalue weighted by Gasteiger charge is 2.10. The molecule has 1 heterocycles. The lowest BCUT2D eigenvalue weighted by Gasteiger charge is -2.01. The average molecular weight is 184 g/mol. The largest absolute Gasteiger partial charge is 0.478 e. The van der Waals surface area contributed by atoms with E-state index in [1.807, 2.05) is 6.07 Å². The smallest absolute Gasteiger partial charge is 0.337 e. The minimum atomic E-state index is -0.838. The SMILES string of the molecule is O=C(O)c1cccc2ssc12. The molecule has 0 fully saturated rings. The molecule has 1 N–H and O–H groups in total. The molecule has 2 nitrogen and oxygen atoms in total. The molecule has 2 aromatic rings. The Balaban J connectivity index is 2.71. The van der Waals surface area contributed by atoms with E-state index < -0.39 is 5.97 Å². The quantitative estimate of drug-likeness (QED) is 0.692. The first-order valence-corrected chi connectivity index (χ1v) is 5.15. The molecule has 56 valence electrons. The number of hydrogen-bond acceptors (Lipinski definition) is 3. The molecule has 0 saturated carbocycles. The standard InChI is InChI=1S/C7H4O2S2/c8-7(9)4-2-1-3-5-6(4)11-10-5/h1-3H,(H,8,9). The molecular formula is C7H4O2S2. The van der Waals surface area contributed by atoms with Gasteiger partial charge in [0.15, 0.2) is 0 Å². The Morgan fingerprint density at radius 1 is 1.36 bits per heavy atom. The lowest BCUT2D eigenvalue weighted by Crippen LogP contribution is -1.95. The van der Waals surface area contributed by atoms with Crippen molar-refractivity contribution in [2.75, 3.05) is 0 Å². The van der Waals surface area contributed by atoms with E-state index in [0.717, 1.165) is 9.40 Å². The van der Waals surface area contributed by atoms with Crippen LogP contribution >= 0.6 is 20.7 Å². The first-order valence-electron chi connectivity index (χ1n) is 3.00. The third kappa shape index (κ3) is 0.948. The summed E-state index contributed by atoms with van der Waals surface area (Å²) in [4.78, 5) is 10.6. The van der Waals surface area contributed by atoms with Gasteiger partial charge in [-0.1, -0.05) is 26.7 Å². The van der Waals surface area contributed by atoms with Gasteiger partial charge in [-0.05, 0) is 12.1 Å². The third-order valence-corrected chi connectivity index (χ3v) is 4.05. The van der Waals surface area contributed by atoms with Crippen LogP contribution < -0.4 is 0 Å². The van der Waals surface area contributed by atoms with Crippen LogP contribution in [0.15, 0.2) is 18.2 Å². The topological polar surface area (TPSA) is 37.3 Å². The summed E-state index contributed by atoms with van der Waals surface area (Å²) < 4.78 is 1.99. The first kappa shape index (κ1) is 6.82. The predicted molar refractivity (Wildman–Crippen MR) is 46.7 cm³/mol. The Hall–Kier alpha value is -0.870. The Kier molecular flexibility index (Phi) is 1.44. The van der Waals surface area contributed by atoms with Crippen molar-refractivity contribution in [1.82, 2.24) is 0 Å². The second-order valence-electron chi connectivity index (χ2n) is 2.10. The maximum atomic E-state index is 10.6. The van der Waals surface area contributed by atoms with Gasteiger partial charge < -0.3 is 5.11 Å². The number of carboxylic acids is 1. The highest BCUT2D eigenvalue weighted by atomic mass is 32.9. The lowest BCUT2D eigenvalue weighted by molar-refractivity contribution is 0.0699. The van der Waals surface area contributed by atoms with Crippen LogP contribution in [-0.4, -0.2) is 11.1 Å². The molecule has 2 rings (SSSR count). The number of benzene rings is 1. The molecule has 0 bridgehead atoms. The fraction of sp³-hybridized carbons (Fsp3) is 0. The Morgan fingerprint density at radius 3 is 2.64 bits per heavy atom. The van der Waals surface area contributed by atoms with Gasteiger partial charge in [0.25, 0.3) is 0 Å². The monoisotopic (exact) mass is 184 g/mol. The van der Waals surface area contributed by atoms with Crippen molar-refractivity contribution in [2.45, 2.75) is 0 Å². The van der Waals surface area contributed by atoms with E-state index >= 15 is 0 Å². The molecule has 0 aliphatic carbocycles. The predicted octanol–water partition coefficient (Wildman–Crippen LogP) is 2.66. The van der Waals surface area contributed by atoms with Crippen LogP contribution in [-0.2, 0) is 0 Å². The molecule has 0 aliphatic heterocycles. The van der Waals surface area contributed by atoms with Crippen molar-refractivity contribution in [2.24, 2.45) is 0 Å². The zero-order valence-corrected chi connectivity index (χ0v) is 7.04. The van der Waals surface area contributed by atoms with E-state index in [1.165, 1.54) is 10.3 Å². The van der Waals surface area contributed by atoms with Crippen molar-refractivity contribution in [3.05, 3.63) is 23.8 Å². The van der Waals surface area contributed by atoms with Crippen molar-refractivity contribution in [1.29, 1.82) is 0 Å². The fourth-order valence-corrected chi connectivity index (χ4v) is 2.93. The van der Waals surface area contributed by atoms with E-state index in [1.54, 1.807) is 22.5 Å². The molecule has 1 aromatic heterocycles. The molecule has 11 heavy (non-hydrogen) atoms. The molecule has 0 saturated heterocycles. The Labute approximate surface area is 70.1 Å². The Morgan fingerprint density at radius 2 is 2.18 bits per heavy atom. The highest BCUT2D eigenvalue weighted by molar-refractivity contribution is 7.78. The van der Waals surface area contributed by atoms with Crippen LogP contribution in [0.25, 0.3) is 9.40 Å².